The van der Waals surface area contributed by atoms with E-state index in [9.17, 15) is 4.79 Å². The molecular weight excluding hydrogens is 274 g/mol. The van der Waals surface area contributed by atoms with Crippen LogP contribution in [0.2, 0.25) is 0 Å². The van der Waals surface area contributed by atoms with E-state index in [0.29, 0.717) is 11.5 Å². The normalized spacial score (nSPS) is 10.4. The molecule has 2 aromatic heterocycles. The molecule has 0 radical (unpaired) electrons. The lowest BCUT2D eigenvalue weighted by atomic mass is 10.2. The Hall–Kier alpha value is -1.63. The molecule has 0 saturated heterocycles. The fraction of sp³-hybridized carbons (Fsp3) is 0.222. The van der Waals surface area contributed by atoms with E-state index in [2.05, 4.69) is 36.3 Å². The van der Waals surface area contributed by atoms with Crippen LogP contribution in [-0.2, 0) is 13.5 Å². The molecule has 2 heterocycles. The van der Waals surface area contributed by atoms with Crippen molar-refractivity contribution in [3.05, 3.63) is 34.3 Å². The number of ketones is 1. The molecule has 82 valence electrons. The van der Waals surface area contributed by atoms with Gasteiger partial charge in [0.05, 0.1) is 13.5 Å². The van der Waals surface area contributed by atoms with Crippen LogP contribution in [0.5, 0.6) is 0 Å². The molecule has 0 N–H and O–H groups in total. The first-order valence-corrected chi connectivity index (χ1v) is 5.32. The minimum atomic E-state index is -0.125. The van der Waals surface area contributed by atoms with E-state index >= 15 is 0 Å². The number of tetrazole rings is 1. The van der Waals surface area contributed by atoms with Gasteiger partial charge in [0, 0.05) is 10.7 Å². The fourth-order valence-electron chi connectivity index (χ4n) is 1.17. The largest absolute Gasteiger partial charge is 0.292 e. The third-order valence-corrected chi connectivity index (χ3v) is 2.35. The number of aromatic nitrogens is 5. The van der Waals surface area contributed by atoms with E-state index in [4.69, 9.17) is 0 Å². The van der Waals surface area contributed by atoms with Gasteiger partial charge in [-0.2, -0.15) is 4.80 Å². The van der Waals surface area contributed by atoms with Crippen molar-refractivity contribution in [3.63, 3.8) is 0 Å². The van der Waals surface area contributed by atoms with E-state index in [-0.39, 0.29) is 12.2 Å². The second-order valence-electron chi connectivity index (χ2n) is 3.16. The number of carbonyl (C=O) groups excluding carboxylic acids is 1. The molecule has 2 rings (SSSR count). The lowest BCUT2D eigenvalue weighted by Gasteiger charge is -1.96. The van der Waals surface area contributed by atoms with Gasteiger partial charge in [-0.05, 0) is 33.3 Å². The number of halogens is 1. The summed E-state index contributed by atoms with van der Waals surface area (Å²) in [6, 6.07) is 3.42. The summed E-state index contributed by atoms with van der Waals surface area (Å²) in [4.78, 5) is 17.1. The Kier molecular flexibility index (Phi) is 3.04. The molecule has 0 unspecified atom stereocenters. The van der Waals surface area contributed by atoms with Gasteiger partial charge in [0.2, 0.25) is 0 Å². The molecule has 6 nitrogen and oxygen atoms in total. The van der Waals surface area contributed by atoms with Crippen molar-refractivity contribution in [1.82, 2.24) is 25.2 Å². The number of nitrogens with zero attached hydrogens (tertiary/aromatic N) is 5. The lowest BCUT2D eigenvalue weighted by molar-refractivity contribution is 0.0986. The standard InChI is InChI=1S/C9H8BrN5O/c1-15-13-9(12-14-15)4-8(16)7-3-2-6(10)5-11-7/h2-3,5H,4H2,1H3. The Labute approximate surface area is 99.8 Å². The van der Waals surface area contributed by atoms with E-state index in [1.54, 1.807) is 25.4 Å². The van der Waals surface area contributed by atoms with Crippen LogP contribution in [0.15, 0.2) is 22.8 Å². The number of hydrogen-bond acceptors (Lipinski definition) is 5. The second-order valence-corrected chi connectivity index (χ2v) is 4.07. The predicted octanol–water partition coefficient (Wildman–Crippen LogP) is 0.793. The van der Waals surface area contributed by atoms with Gasteiger partial charge in [-0.1, -0.05) is 0 Å². The van der Waals surface area contributed by atoms with Crippen LogP contribution in [-0.4, -0.2) is 31.0 Å². The Morgan fingerprint density at radius 3 is 2.88 bits per heavy atom. The zero-order chi connectivity index (χ0) is 11.5. The molecule has 0 fully saturated rings. The van der Waals surface area contributed by atoms with Crippen molar-refractivity contribution >= 4 is 21.7 Å². The summed E-state index contributed by atoms with van der Waals surface area (Å²) in [6.45, 7) is 0. The summed E-state index contributed by atoms with van der Waals surface area (Å²) >= 11 is 3.25. The van der Waals surface area contributed by atoms with Gasteiger partial charge in [0.1, 0.15) is 5.69 Å². The summed E-state index contributed by atoms with van der Waals surface area (Å²) < 4.78 is 0.835. The van der Waals surface area contributed by atoms with E-state index < -0.39 is 0 Å². The van der Waals surface area contributed by atoms with Gasteiger partial charge < -0.3 is 0 Å². The Morgan fingerprint density at radius 2 is 2.31 bits per heavy atom. The fourth-order valence-corrected chi connectivity index (χ4v) is 1.40. The van der Waals surface area contributed by atoms with E-state index in [1.165, 1.54) is 4.80 Å². The van der Waals surface area contributed by atoms with Crippen molar-refractivity contribution in [2.24, 2.45) is 7.05 Å². The molecule has 16 heavy (non-hydrogen) atoms. The number of hydrogen-bond donors (Lipinski definition) is 0. The average molecular weight is 282 g/mol. The van der Waals surface area contributed by atoms with Crippen LogP contribution in [0.25, 0.3) is 0 Å². The third kappa shape index (κ3) is 2.48. The minimum Gasteiger partial charge on any atom is -0.292 e. The monoisotopic (exact) mass is 281 g/mol. The smallest absolute Gasteiger partial charge is 0.188 e. The SMILES string of the molecule is Cn1nnc(CC(=O)c2ccc(Br)cn2)n1. The Bertz CT molecular complexity index is 507. The maximum Gasteiger partial charge on any atom is 0.188 e. The summed E-state index contributed by atoms with van der Waals surface area (Å²) in [5.41, 5.74) is 0.399. The molecule has 0 amide bonds. The van der Waals surface area contributed by atoms with Gasteiger partial charge in [-0.25, -0.2) is 0 Å². The average Bonchev–Trinajstić information content (AvgIpc) is 2.65. The van der Waals surface area contributed by atoms with Crippen LogP contribution in [0.1, 0.15) is 16.3 Å². The molecule has 0 spiro atoms. The van der Waals surface area contributed by atoms with Gasteiger partial charge in [0.25, 0.3) is 0 Å². The molecule has 0 aliphatic heterocycles. The third-order valence-electron chi connectivity index (χ3n) is 1.88. The van der Waals surface area contributed by atoms with Crippen molar-refractivity contribution < 1.29 is 4.79 Å². The molecule has 0 aromatic carbocycles. The molecule has 7 heteroatoms. The number of aryl methyl sites for hydroxylation is 1. The minimum absolute atomic E-state index is 0.114. The first-order chi connectivity index (χ1) is 7.65. The maximum absolute atomic E-state index is 11.7. The van der Waals surface area contributed by atoms with Crippen LogP contribution in [0, 0.1) is 0 Å². The van der Waals surface area contributed by atoms with E-state index in [1.807, 2.05) is 0 Å². The highest BCUT2D eigenvalue weighted by Crippen LogP contribution is 2.08. The topological polar surface area (TPSA) is 73.6 Å². The lowest BCUT2D eigenvalue weighted by Crippen LogP contribution is -2.07. The number of carbonyl (C=O) groups is 1. The molecular formula is C9H8BrN5O. The zero-order valence-corrected chi connectivity index (χ0v) is 10.0. The van der Waals surface area contributed by atoms with Crippen molar-refractivity contribution in [3.8, 4) is 0 Å². The second kappa shape index (κ2) is 4.48. The summed E-state index contributed by atoms with van der Waals surface area (Å²) in [7, 11) is 1.65. The number of pyridine rings is 1. The molecule has 0 aliphatic rings. The predicted molar refractivity (Wildman–Crippen MR) is 58.8 cm³/mol. The van der Waals surface area contributed by atoms with Gasteiger partial charge in [-0.3, -0.25) is 9.78 Å². The molecule has 0 aliphatic carbocycles. The summed E-state index contributed by atoms with van der Waals surface area (Å²) in [5, 5.41) is 11.3. The summed E-state index contributed by atoms with van der Waals surface area (Å²) in [5.74, 6) is 0.276. The molecule has 0 saturated carbocycles. The highest BCUT2D eigenvalue weighted by Gasteiger charge is 2.11. The number of Topliss-reactive ketones (excluding diaryl/α,β-unsaturated/α-hetero) is 1. The van der Waals surface area contributed by atoms with Crippen LogP contribution < -0.4 is 0 Å². The van der Waals surface area contributed by atoms with Crippen molar-refractivity contribution in [1.29, 1.82) is 0 Å². The van der Waals surface area contributed by atoms with E-state index in [0.717, 1.165) is 4.47 Å². The first-order valence-electron chi connectivity index (χ1n) is 4.53. The highest BCUT2D eigenvalue weighted by atomic mass is 79.9. The van der Waals surface area contributed by atoms with Crippen LogP contribution in [0.3, 0.4) is 0 Å². The van der Waals surface area contributed by atoms with Gasteiger partial charge in [0.15, 0.2) is 11.6 Å². The Morgan fingerprint density at radius 1 is 1.50 bits per heavy atom. The zero-order valence-electron chi connectivity index (χ0n) is 8.46. The Balaban J connectivity index is 2.11. The maximum atomic E-state index is 11.7. The quantitative estimate of drug-likeness (QED) is 0.778. The first kappa shape index (κ1) is 10.9. The molecule has 0 atom stereocenters. The van der Waals surface area contributed by atoms with Crippen molar-refractivity contribution in [2.75, 3.05) is 0 Å². The van der Waals surface area contributed by atoms with Crippen molar-refractivity contribution in [2.45, 2.75) is 6.42 Å². The van der Waals surface area contributed by atoms with Crippen LogP contribution >= 0.6 is 15.9 Å². The number of rotatable bonds is 3. The molecule has 0 bridgehead atoms. The van der Waals surface area contributed by atoms with Crippen LogP contribution in [0.4, 0.5) is 0 Å². The van der Waals surface area contributed by atoms with Gasteiger partial charge >= 0.3 is 0 Å². The van der Waals surface area contributed by atoms with Gasteiger partial charge in [-0.15, -0.1) is 10.2 Å². The molecule has 2 aromatic rings. The summed E-state index contributed by atoms with van der Waals surface area (Å²) in [6.07, 6.45) is 1.69. The highest BCUT2D eigenvalue weighted by molar-refractivity contribution is 9.10.